The molecule has 4 rings (SSSR count). The summed E-state index contributed by atoms with van der Waals surface area (Å²) in [5.41, 5.74) is 1.00. The molecule has 0 amide bonds. The van der Waals surface area contributed by atoms with Crippen molar-refractivity contribution in [1.82, 2.24) is 15.3 Å². The number of nitrogens with zero attached hydrogens (tertiary/aromatic N) is 3. The van der Waals surface area contributed by atoms with Crippen molar-refractivity contribution in [2.45, 2.75) is 38.3 Å². The van der Waals surface area contributed by atoms with Gasteiger partial charge in [0.25, 0.3) is 0 Å². The number of carbonyl (C=O) groups is 1. The Labute approximate surface area is 186 Å². The lowest BCUT2D eigenvalue weighted by Crippen LogP contribution is -2.58. The molecule has 1 saturated heterocycles. The summed E-state index contributed by atoms with van der Waals surface area (Å²) in [5.74, 6) is -0.633. The number of Topliss-reactive ketones (excluding diaryl/α,β-unsaturated/α-hetero) is 1. The standard InChI is InChI=1S/C25H23FN4O2/c1-16-8-10-25(15-30-16,32-24-17(2)18(14-27)9-12-29-24)23(31)21-13-19(26)6-7-20(21)22-5-3-4-11-28-22/h3-7,9,11-13,16,30H,8,10,15H2,1-2H3/t16-,25-/m1/s1. The maximum atomic E-state index is 14.3. The maximum absolute atomic E-state index is 14.3. The fraction of sp³-hybridized carbons (Fsp3) is 0.280. The molecular weight excluding hydrogens is 407 g/mol. The summed E-state index contributed by atoms with van der Waals surface area (Å²) in [6.07, 6.45) is 4.23. The van der Waals surface area contributed by atoms with Gasteiger partial charge in [-0.25, -0.2) is 9.37 Å². The predicted molar refractivity (Wildman–Crippen MR) is 118 cm³/mol. The Morgan fingerprint density at radius 2 is 2.09 bits per heavy atom. The number of aromatic nitrogens is 2. The van der Waals surface area contributed by atoms with Crippen molar-refractivity contribution in [3.8, 4) is 23.2 Å². The summed E-state index contributed by atoms with van der Waals surface area (Å²) >= 11 is 0. The summed E-state index contributed by atoms with van der Waals surface area (Å²) in [7, 11) is 0. The van der Waals surface area contributed by atoms with E-state index >= 15 is 0 Å². The van der Waals surface area contributed by atoms with Crippen LogP contribution in [0.3, 0.4) is 0 Å². The molecule has 1 aliphatic rings. The number of ketones is 1. The third-order valence-corrected chi connectivity index (χ3v) is 5.87. The Morgan fingerprint density at radius 1 is 1.25 bits per heavy atom. The van der Waals surface area contributed by atoms with Crippen molar-refractivity contribution >= 4 is 5.78 Å². The van der Waals surface area contributed by atoms with Crippen molar-refractivity contribution in [1.29, 1.82) is 5.26 Å². The van der Waals surface area contributed by atoms with Gasteiger partial charge < -0.3 is 10.1 Å². The van der Waals surface area contributed by atoms with E-state index in [9.17, 15) is 14.4 Å². The predicted octanol–water partition coefficient (Wildman–Crippen LogP) is 4.24. The van der Waals surface area contributed by atoms with Crippen LogP contribution in [0.4, 0.5) is 4.39 Å². The van der Waals surface area contributed by atoms with Gasteiger partial charge in [0.1, 0.15) is 5.82 Å². The van der Waals surface area contributed by atoms with Crippen molar-refractivity contribution in [2.24, 2.45) is 0 Å². The third-order valence-electron chi connectivity index (χ3n) is 5.87. The van der Waals surface area contributed by atoms with Gasteiger partial charge in [-0.1, -0.05) is 6.07 Å². The lowest BCUT2D eigenvalue weighted by atomic mass is 9.82. The minimum Gasteiger partial charge on any atom is -0.461 e. The van der Waals surface area contributed by atoms with Gasteiger partial charge in [0.15, 0.2) is 5.60 Å². The van der Waals surface area contributed by atoms with Crippen LogP contribution in [0.2, 0.25) is 0 Å². The van der Waals surface area contributed by atoms with Crippen LogP contribution in [0, 0.1) is 24.1 Å². The zero-order valence-corrected chi connectivity index (χ0v) is 17.9. The summed E-state index contributed by atoms with van der Waals surface area (Å²) < 4.78 is 20.6. The first kappa shape index (κ1) is 21.6. The SMILES string of the molecule is Cc1c(C#N)ccnc1O[C@]1(C(=O)c2cc(F)ccc2-c2ccccn2)CC[C@@H](C)NC1. The highest BCUT2D eigenvalue weighted by Crippen LogP contribution is 2.34. The van der Waals surface area contributed by atoms with Gasteiger partial charge in [-0.05, 0) is 63.1 Å². The number of hydrogen-bond acceptors (Lipinski definition) is 6. The van der Waals surface area contributed by atoms with Gasteiger partial charge in [-0.3, -0.25) is 9.78 Å². The van der Waals surface area contributed by atoms with E-state index < -0.39 is 11.4 Å². The average Bonchev–Trinajstić information content (AvgIpc) is 2.82. The van der Waals surface area contributed by atoms with Crippen molar-refractivity contribution in [3.63, 3.8) is 0 Å². The molecule has 1 aromatic carbocycles. The molecule has 1 fully saturated rings. The van der Waals surface area contributed by atoms with Gasteiger partial charge in [0, 0.05) is 41.7 Å². The molecule has 0 unspecified atom stereocenters. The van der Waals surface area contributed by atoms with Crippen molar-refractivity contribution in [3.05, 3.63) is 77.4 Å². The Balaban J connectivity index is 1.81. The average molecular weight is 430 g/mol. The molecule has 32 heavy (non-hydrogen) atoms. The van der Waals surface area contributed by atoms with Gasteiger partial charge in [-0.15, -0.1) is 0 Å². The van der Waals surface area contributed by atoms with Gasteiger partial charge in [0.2, 0.25) is 11.7 Å². The molecule has 2 atom stereocenters. The lowest BCUT2D eigenvalue weighted by molar-refractivity contribution is 0.0261. The second-order valence-electron chi connectivity index (χ2n) is 8.05. The smallest absolute Gasteiger partial charge is 0.218 e. The van der Waals surface area contributed by atoms with Crippen LogP contribution < -0.4 is 10.1 Å². The number of carbonyl (C=O) groups excluding carboxylic acids is 1. The molecule has 6 nitrogen and oxygen atoms in total. The molecule has 7 heteroatoms. The fourth-order valence-corrected chi connectivity index (χ4v) is 3.93. The van der Waals surface area contributed by atoms with Gasteiger partial charge >= 0.3 is 0 Å². The van der Waals surface area contributed by atoms with Crippen LogP contribution in [0.5, 0.6) is 5.88 Å². The Kier molecular flexibility index (Phi) is 5.97. The number of pyridine rings is 2. The minimum atomic E-state index is -1.30. The van der Waals surface area contributed by atoms with E-state index in [1.165, 1.54) is 18.3 Å². The minimum absolute atomic E-state index is 0.203. The first-order valence-electron chi connectivity index (χ1n) is 10.5. The van der Waals surface area contributed by atoms with Crippen molar-refractivity contribution < 1.29 is 13.9 Å². The molecule has 0 saturated carbocycles. The number of piperidine rings is 1. The number of ether oxygens (including phenoxy) is 1. The van der Waals surface area contributed by atoms with Crippen LogP contribution in [0.25, 0.3) is 11.3 Å². The molecule has 0 spiro atoms. The number of halogens is 1. The molecule has 1 N–H and O–H groups in total. The molecule has 1 aliphatic heterocycles. The van der Waals surface area contributed by atoms with Crippen LogP contribution in [0.1, 0.15) is 41.3 Å². The summed E-state index contributed by atoms with van der Waals surface area (Å²) in [6, 6.07) is 13.4. The molecule has 0 aliphatic carbocycles. The molecule has 162 valence electrons. The number of rotatable bonds is 5. The van der Waals surface area contributed by atoms with Crippen molar-refractivity contribution in [2.75, 3.05) is 6.54 Å². The lowest BCUT2D eigenvalue weighted by Gasteiger charge is -2.39. The van der Waals surface area contributed by atoms with E-state index in [0.29, 0.717) is 35.2 Å². The fourth-order valence-electron chi connectivity index (χ4n) is 3.93. The molecule has 0 bridgehead atoms. The van der Waals surface area contributed by atoms with E-state index in [1.54, 1.807) is 37.4 Å². The first-order valence-corrected chi connectivity index (χ1v) is 10.5. The van der Waals surface area contributed by atoms with Crippen LogP contribution in [-0.2, 0) is 0 Å². The second-order valence-corrected chi connectivity index (χ2v) is 8.05. The summed E-state index contributed by atoms with van der Waals surface area (Å²) in [5, 5.41) is 12.7. The Hall–Kier alpha value is -3.63. The first-order chi connectivity index (χ1) is 15.4. The molecule has 0 radical (unpaired) electrons. The topological polar surface area (TPSA) is 87.9 Å². The van der Waals surface area contributed by atoms with E-state index in [1.807, 2.05) is 13.0 Å². The van der Waals surface area contributed by atoms with Crippen LogP contribution in [-0.4, -0.2) is 33.9 Å². The number of benzene rings is 1. The van der Waals surface area contributed by atoms with Gasteiger partial charge in [0.05, 0.1) is 17.3 Å². The number of nitriles is 1. The molecule has 3 heterocycles. The highest BCUT2D eigenvalue weighted by Gasteiger charge is 2.45. The van der Waals surface area contributed by atoms with E-state index in [0.717, 1.165) is 0 Å². The van der Waals surface area contributed by atoms with Crippen LogP contribution in [0.15, 0.2) is 54.9 Å². The zero-order valence-electron chi connectivity index (χ0n) is 17.9. The zero-order chi connectivity index (χ0) is 22.7. The Morgan fingerprint density at radius 3 is 2.78 bits per heavy atom. The monoisotopic (exact) mass is 430 g/mol. The summed E-state index contributed by atoms with van der Waals surface area (Å²) in [6.45, 7) is 4.01. The Bertz CT molecular complexity index is 1180. The van der Waals surface area contributed by atoms with Crippen LogP contribution >= 0.6 is 0 Å². The normalized spacial score (nSPS) is 20.4. The third kappa shape index (κ3) is 4.10. The van der Waals surface area contributed by atoms with E-state index in [2.05, 4.69) is 21.4 Å². The second kappa shape index (κ2) is 8.85. The largest absolute Gasteiger partial charge is 0.461 e. The molecule has 3 aromatic rings. The quantitative estimate of drug-likeness (QED) is 0.610. The van der Waals surface area contributed by atoms with Gasteiger partial charge in [-0.2, -0.15) is 5.26 Å². The maximum Gasteiger partial charge on any atom is 0.218 e. The molecule has 2 aromatic heterocycles. The molecular formula is C25H23FN4O2. The number of hydrogen-bond donors (Lipinski definition) is 1. The van der Waals surface area contributed by atoms with E-state index in [4.69, 9.17) is 4.74 Å². The number of nitrogens with one attached hydrogen (secondary N) is 1. The highest BCUT2D eigenvalue weighted by atomic mass is 19.1. The van der Waals surface area contributed by atoms with E-state index in [-0.39, 0.29) is 29.8 Å². The highest BCUT2D eigenvalue weighted by molar-refractivity contribution is 6.07. The summed E-state index contributed by atoms with van der Waals surface area (Å²) in [4.78, 5) is 22.6.